The van der Waals surface area contributed by atoms with E-state index in [0.29, 0.717) is 6.54 Å². The van der Waals surface area contributed by atoms with Crippen LogP contribution in [0.15, 0.2) is 41.3 Å². The third kappa shape index (κ3) is 2.40. The van der Waals surface area contributed by atoms with Crippen molar-refractivity contribution in [2.45, 2.75) is 20.4 Å². The van der Waals surface area contributed by atoms with Gasteiger partial charge in [-0.2, -0.15) is 0 Å². The largest absolute Gasteiger partial charge is 0.467 e. The van der Waals surface area contributed by atoms with Crippen LogP contribution < -0.4 is 5.32 Å². The van der Waals surface area contributed by atoms with Crippen LogP contribution in [0.1, 0.15) is 16.9 Å². The summed E-state index contributed by atoms with van der Waals surface area (Å²) in [5.74, 6) is 0.939. The molecule has 0 aliphatic heterocycles. The molecule has 3 rings (SSSR count). The van der Waals surface area contributed by atoms with Gasteiger partial charge in [0.1, 0.15) is 12.1 Å². The molecule has 1 N–H and O–H groups in total. The highest BCUT2D eigenvalue weighted by Crippen LogP contribution is 2.19. The van der Waals surface area contributed by atoms with Crippen LogP contribution in [0.25, 0.3) is 5.69 Å². The molecule has 0 spiro atoms. The Bertz CT molecular complexity index is 702. The van der Waals surface area contributed by atoms with Crippen LogP contribution in [0.2, 0.25) is 0 Å². The summed E-state index contributed by atoms with van der Waals surface area (Å²) in [5.41, 5.74) is 4.20. The Morgan fingerprint density at radius 1 is 1.20 bits per heavy atom. The molecule has 0 saturated carbocycles. The first kappa shape index (κ1) is 12.4. The molecular weight excluding hydrogens is 254 g/mol. The van der Waals surface area contributed by atoms with Crippen molar-refractivity contribution in [2.75, 3.05) is 5.32 Å². The topological polar surface area (TPSA) is 68.8 Å². The number of aromatic nitrogens is 4. The number of nitrogens with one attached hydrogen (secondary N) is 1. The van der Waals surface area contributed by atoms with Gasteiger partial charge in [0.2, 0.25) is 0 Å². The molecule has 0 radical (unpaired) electrons. The van der Waals surface area contributed by atoms with Crippen molar-refractivity contribution in [1.82, 2.24) is 20.2 Å². The van der Waals surface area contributed by atoms with Crippen molar-refractivity contribution in [3.63, 3.8) is 0 Å². The number of hydrogen-bond acceptors (Lipinski definition) is 5. The predicted octanol–water partition coefficient (Wildman–Crippen LogP) is 2.48. The van der Waals surface area contributed by atoms with Crippen LogP contribution in [0.3, 0.4) is 0 Å². The monoisotopic (exact) mass is 269 g/mol. The van der Waals surface area contributed by atoms with Gasteiger partial charge in [0.25, 0.3) is 0 Å². The average Bonchev–Trinajstić information content (AvgIpc) is 3.09. The summed E-state index contributed by atoms with van der Waals surface area (Å²) in [5, 5.41) is 14.6. The van der Waals surface area contributed by atoms with Gasteiger partial charge in [-0.25, -0.2) is 4.68 Å². The highest BCUT2D eigenvalue weighted by Gasteiger charge is 2.06. The molecule has 102 valence electrons. The maximum absolute atomic E-state index is 5.41. The zero-order valence-corrected chi connectivity index (χ0v) is 11.4. The number of hydrogen-bond donors (Lipinski definition) is 1. The summed E-state index contributed by atoms with van der Waals surface area (Å²) < 4.78 is 7.06. The zero-order chi connectivity index (χ0) is 13.9. The lowest BCUT2D eigenvalue weighted by Crippen LogP contribution is -2.03. The summed E-state index contributed by atoms with van der Waals surface area (Å²) in [6, 6.07) is 8.04. The minimum atomic E-state index is 0.650. The maximum atomic E-state index is 5.41. The maximum Gasteiger partial charge on any atom is 0.143 e. The molecule has 0 bridgehead atoms. The van der Waals surface area contributed by atoms with Crippen molar-refractivity contribution in [3.05, 3.63) is 53.7 Å². The number of rotatable bonds is 4. The zero-order valence-electron chi connectivity index (χ0n) is 11.4. The number of benzene rings is 1. The fourth-order valence-electron chi connectivity index (χ4n) is 2.01. The van der Waals surface area contributed by atoms with Crippen molar-refractivity contribution >= 4 is 5.69 Å². The summed E-state index contributed by atoms with van der Waals surface area (Å²) in [6.45, 7) is 4.70. The van der Waals surface area contributed by atoms with Crippen LogP contribution in [-0.2, 0) is 6.54 Å². The molecule has 2 heterocycles. The third-order valence-corrected chi connectivity index (χ3v) is 3.23. The standard InChI is InChI=1S/C14H15N5O/c1-10-3-4-12(7-13(10)19-9-16-17-18-19)15-8-14-11(2)5-6-20-14/h3-7,9,15H,8H2,1-2H3. The van der Waals surface area contributed by atoms with Crippen LogP contribution in [0.4, 0.5) is 5.69 Å². The molecule has 6 heteroatoms. The van der Waals surface area contributed by atoms with Gasteiger partial charge in [-0.3, -0.25) is 0 Å². The van der Waals surface area contributed by atoms with E-state index in [0.717, 1.165) is 28.3 Å². The Hall–Kier alpha value is -2.63. The molecule has 0 atom stereocenters. The second-order valence-electron chi connectivity index (χ2n) is 4.64. The Balaban J connectivity index is 1.81. The first-order chi connectivity index (χ1) is 9.74. The van der Waals surface area contributed by atoms with E-state index < -0.39 is 0 Å². The Morgan fingerprint density at radius 2 is 2.10 bits per heavy atom. The molecule has 0 amide bonds. The smallest absolute Gasteiger partial charge is 0.143 e. The summed E-state index contributed by atoms with van der Waals surface area (Å²) >= 11 is 0. The quantitative estimate of drug-likeness (QED) is 0.788. The van der Waals surface area contributed by atoms with Gasteiger partial charge in [0.05, 0.1) is 18.5 Å². The Kier molecular flexibility index (Phi) is 3.20. The molecule has 0 fully saturated rings. The lowest BCUT2D eigenvalue weighted by molar-refractivity contribution is 0.515. The summed E-state index contributed by atoms with van der Waals surface area (Å²) in [7, 11) is 0. The summed E-state index contributed by atoms with van der Waals surface area (Å²) in [6.07, 6.45) is 3.29. The van der Waals surface area contributed by atoms with E-state index in [1.54, 1.807) is 17.3 Å². The first-order valence-electron chi connectivity index (χ1n) is 6.35. The highest BCUT2D eigenvalue weighted by molar-refractivity contribution is 5.54. The minimum Gasteiger partial charge on any atom is -0.467 e. The molecule has 3 aromatic rings. The van der Waals surface area contributed by atoms with Crippen molar-refractivity contribution in [3.8, 4) is 5.69 Å². The number of tetrazole rings is 1. The van der Waals surface area contributed by atoms with Crippen LogP contribution >= 0.6 is 0 Å². The molecule has 0 saturated heterocycles. The first-order valence-corrected chi connectivity index (χ1v) is 6.35. The average molecular weight is 269 g/mol. The van der Waals surface area contributed by atoms with E-state index in [1.165, 1.54) is 0 Å². The van der Waals surface area contributed by atoms with E-state index in [1.807, 2.05) is 38.1 Å². The van der Waals surface area contributed by atoms with Gasteiger partial charge in [0, 0.05) is 5.69 Å². The van der Waals surface area contributed by atoms with Gasteiger partial charge in [0.15, 0.2) is 0 Å². The second-order valence-corrected chi connectivity index (χ2v) is 4.64. The van der Waals surface area contributed by atoms with Crippen LogP contribution in [0, 0.1) is 13.8 Å². The SMILES string of the molecule is Cc1ccc(NCc2occc2C)cc1-n1cnnn1. The van der Waals surface area contributed by atoms with E-state index in [2.05, 4.69) is 20.8 Å². The molecule has 0 aliphatic rings. The second kappa shape index (κ2) is 5.16. The van der Waals surface area contributed by atoms with Crippen molar-refractivity contribution in [2.24, 2.45) is 0 Å². The summed E-state index contributed by atoms with van der Waals surface area (Å²) in [4.78, 5) is 0. The molecule has 2 aromatic heterocycles. The van der Waals surface area contributed by atoms with Gasteiger partial charge >= 0.3 is 0 Å². The van der Waals surface area contributed by atoms with E-state index in [9.17, 15) is 0 Å². The number of furan rings is 1. The fourth-order valence-corrected chi connectivity index (χ4v) is 2.01. The predicted molar refractivity (Wildman–Crippen MR) is 74.7 cm³/mol. The van der Waals surface area contributed by atoms with Crippen LogP contribution in [0.5, 0.6) is 0 Å². The van der Waals surface area contributed by atoms with E-state index in [-0.39, 0.29) is 0 Å². The highest BCUT2D eigenvalue weighted by atomic mass is 16.3. The number of anilines is 1. The molecule has 20 heavy (non-hydrogen) atoms. The fraction of sp³-hybridized carbons (Fsp3) is 0.214. The van der Waals surface area contributed by atoms with E-state index >= 15 is 0 Å². The van der Waals surface area contributed by atoms with Crippen molar-refractivity contribution in [1.29, 1.82) is 0 Å². The molecule has 1 aromatic carbocycles. The normalized spacial score (nSPS) is 10.7. The van der Waals surface area contributed by atoms with E-state index in [4.69, 9.17) is 4.42 Å². The van der Waals surface area contributed by atoms with Gasteiger partial charge in [-0.1, -0.05) is 6.07 Å². The van der Waals surface area contributed by atoms with Crippen molar-refractivity contribution < 1.29 is 4.42 Å². The molecule has 0 unspecified atom stereocenters. The van der Waals surface area contributed by atoms with Crippen LogP contribution in [-0.4, -0.2) is 20.2 Å². The molecule has 0 aliphatic carbocycles. The Morgan fingerprint density at radius 3 is 2.80 bits per heavy atom. The van der Waals surface area contributed by atoms with Gasteiger partial charge in [-0.05, 0) is 53.6 Å². The van der Waals surface area contributed by atoms with Gasteiger partial charge < -0.3 is 9.73 Å². The lowest BCUT2D eigenvalue weighted by Gasteiger charge is -2.09. The Labute approximate surface area is 116 Å². The molecule has 6 nitrogen and oxygen atoms in total. The lowest BCUT2D eigenvalue weighted by atomic mass is 10.2. The van der Waals surface area contributed by atoms with Gasteiger partial charge in [-0.15, -0.1) is 5.10 Å². The molecular formula is C14H15N5O. The number of aryl methyl sites for hydroxylation is 2. The number of nitrogens with zero attached hydrogens (tertiary/aromatic N) is 4. The minimum absolute atomic E-state index is 0.650. The third-order valence-electron chi connectivity index (χ3n) is 3.23.